The van der Waals surface area contributed by atoms with Crippen LogP contribution in [0.1, 0.15) is 9.67 Å². The van der Waals surface area contributed by atoms with E-state index in [1.54, 1.807) is 0 Å². The van der Waals surface area contributed by atoms with Crippen molar-refractivity contribution in [1.82, 2.24) is 15.2 Å². The molecule has 1 N–H and O–H groups in total. The van der Waals surface area contributed by atoms with Crippen molar-refractivity contribution in [2.24, 2.45) is 0 Å². The zero-order chi connectivity index (χ0) is 17.2. The number of pyridine rings is 1. The van der Waals surface area contributed by atoms with Crippen LogP contribution in [0.4, 0.5) is 0 Å². The van der Waals surface area contributed by atoms with Crippen molar-refractivity contribution in [1.29, 1.82) is 0 Å². The van der Waals surface area contributed by atoms with Gasteiger partial charge in [0, 0.05) is 41.7 Å². The number of carbonyl (C=O) groups excluding carboxylic acids is 1. The molecule has 4 rings (SSSR count). The van der Waals surface area contributed by atoms with Gasteiger partial charge in [-0.25, -0.2) is 4.98 Å². The molecule has 1 fully saturated rings. The number of nitrogens with zero attached hydrogens (tertiary/aromatic N) is 2. The van der Waals surface area contributed by atoms with E-state index in [2.05, 4.69) is 15.2 Å². The Kier molecular flexibility index (Phi) is 4.85. The summed E-state index contributed by atoms with van der Waals surface area (Å²) in [5, 5.41) is 5.31. The zero-order valence-electron chi connectivity index (χ0n) is 13.6. The molecule has 0 spiro atoms. The first-order valence-electron chi connectivity index (χ1n) is 8.28. The van der Waals surface area contributed by atoms with E-state index in [1.165, 1.54) is 11.3 Å². The molecule has 0 aliphatic carbocycles. The molecular formula is C18H18ClN3O2S. The third kappa shape index (κ3) is 3.48. The number of rotatable bonds is 4. The van der Waals surface area contributed by atoms with Gasteiger partial charge in [-0.15, -0.1) is 11.3 Å². The van der Waals surface area contributed by atoms with Crippen LogP contribution in [-0.4, -0.2) is 55.2 Å². The van der Waals surface area contributed by atoms with Crippen molar-refractivity contribution in [3.63, 3.8) is 0 Å². The third-order valence-electron chi connectivity index (χ3n) is 4.36. The van der Waals surface area contributed by atoms with Crippen LogP contribution in [0, 0.1) is 0 Å². The molecule has 0 atom stereocenters. The second kappa shape index (κ2) is 7.25. The van der Waals surface area contributed by atoms with Crippen LogP contribution in [-0.2, 0) is 4.74 Å². The number of hydrogen-bond donors (Lipinski definition) is 1. The van der Waals surface area contributed by atoms with E-state index in [1.807, 2.05) is 30.3 Å². The molecule has 1 aromatic carbocycles. The molecular weight excluding hydrogens is 358 g/mol. The maximum Gasteiger partial charge on any atom is 0.261 e. The molecule has 0 radical (unpaired) electrons. The Balaban J connectivity index is 1.51. The SMILES string of the molecule is O=C(NCCN1CCOCC1)c1cc2c(Cl)nc3ccccc3c2s1. The number of ether oxygens (including phenoxy) is 1. The lowest BCUT2D eigenvalue weighted by atomic mass is 10.2. The number of nitrogens with one attached hydrogen (secondary N) is 1. The first-order valence-corrected chi connectivity index (χ1v) is 9.48. The third-order valence-corrected chi connectivity index (χ3v) is 5.82. The van der Waals surface area contributed by atoms with Crippen LogP contribution in [0.25, 0.3) is 21.0 Å². The van der Waals surface area contributed by atoms with Crippen LogP contribution < -0.4 is 5.32 Å². The zero-order valence-corrected chi connectivity index (χ0v) is 15.2. The number of hydrogen-bond acceptors (Lipinski definition) is 5. The molecule has 5 nitrogen and oxygen atoms in total. The average molecular weight is 376 g/mol. The standard InChI is InChI=1S/C18H18ClN3O2S/c19-17-13-11-15(18(23)20-5-6-22-7-9-24-10-8-22)25-16(13)12-3-1-2-4-14(12)21-17/h1-4,11H,5-10H2,(H,20,23). The van der Waals surface area contributed by atoms with E-state index in [0.717, 1.165) is 53.8 Å². The van der Waals surface area contributed by atoms with Crippen LogP contribution >= 0.6 is 22.9 Å². The smallest absolute Gasteiger partial charge is 0.261 e. The summed E-state index contributed by atoms with van der Waals surface area (Å²) in [5.74, 6) is -0.0605. The Labute approximate surface area is 154 Å². The number of thiophene rings is 1. The van der Waals surface area contributed by atoms with Crippen LogP contribution in [0.5, 0.6) is 0 Å². The largest absolute Gasteiger partial charge is 0.379 e. The number of aromatic nitrogens is 1. The van der Waals surface area contributed by atoms with Gasteiger partial charge >= 0.3 is 0 Å². The van der Waals surface area contributed by atoms with Gasteiger partial charge in [-0.05, 0) is 12.1 Å². The van der Waals surface area contributed by atoms with E-state index in [4.69, 9.17) is 16.3 Å². The summed E-state index contributed by atoms with van der Waals surface area (Å²) in [4.78, 5) is 19.9. The fourth-order valence-electron chi connectivity index (χ4n) is 3.02. The molecule has 0 unspecified atom stereocenters. The normalized spacial score (nSPS) is 15.7. The van der Waals surface area contributed by atoms with Gasteiger partial charge in [-0.2, -0.15) is 0 Å². The lowest BCUT2D eigenvalue weighted by Crippen LogP contribution is -2.41. The highest BCUT2D eigenvalue weighted by Gasteiger charge is 2.16. The van der Waals surface area contributed by atoms with E-state index in [-0.39, 0.29) is 5.91 Å². The lowest BCUT2D eigenvalue weighted by Gasteiger charge is -2.26. The van der Waals surface area contributed by atoms with Crippen molar-refractivity contribution < 1.29 is 9.53 Å². The highest BCUT2D eigenvalue weighted by atomic mass is 35.5. The molecule has 1 aliphatic heterocycles. The van der Waals surface area contributed by atoms with Crippen molar-refractivity contribution in [2.45, 2.75) is 0 Å². The number of fused-ring (bicyclic) bond motifs is 3. The minimum absolute atomic E-state index is 0.0605. The minimum Gasteiger partial charge on any atom is -0.379 e. The first-order chi connectivity index (χ1) is 12.2. The van der Waals surface area contributed by atoms with E-state index in [9.17, 15) is 4.79 Å². The first kappa shape index (κ1) is 16.7. The Hall–Kier alpha value is -1.73. The molecule has 0 saturated carbocycles. The minimum atomic E-state index is -0.0605. The Morgan fingerprint density at radius 1 is 1.28 bits per heavy atom. The summed E-state index contributed by atoms with van der Waals surface area (Å²) in [6.07, 6.45) is 0. The molecule has 1 aliphatic rings. The summed E-state index contributed by atoms with van der Waals surface area (Å²) in [6.45, 7) is 4.84. The van der Waals surface area contributed by atoms with Crippen LogP contribution in [0.2, 0.25) is 5.15 Å². The summed E-state index contributed by atoms with van der Waals surface area (Å²) < 4.78 is 6.34. The van der Waals surface area contributed by atoms with Gasteiger partial charge < -0.3 is 10.1 Å². The van der Waals surface area contributed by atoms with E-state index < -0.39 is 0 Å². The lowest BCUT2D eigenvalue weighted by molar-refractivity contribution is 0.0383. The summed E-state index contributed by atoms with van der Waals surface area (Å²) in [6, 6.07) is 9.69. The van der Waals surface area contributed by atoms with Crippen molar-refractivity contribution in [3.05, 3.63) is 40.4 Å². The van der Waals surface area contributed by atoms with Crippen molar-refractivity contribution >= 4 is 49.8 Å². The monoisotopic (exact) mass is 375 g/mol. The molecule has 25 heavy (non-hydrogen) atoms. The van der Waals surface area contributed by atoms with Crippen molar-refractivity contribution in [2.75, 3.05) is 39.4 Å². The number of para-hydroxylation sites is 1. The van der Waals surface area contributed by atoms with Crippen LogP contribution in [0.15, 0.2) is 30.3 Å². The highest BCUT2D eigenvalue weighted by Crippen LogP contribution is 2.35. The second-order valence-corrected chi connectivity index (χ2v) is 7.39. The maximum absolute atomic E-state index is 12.5. The quantitative estimate of drug-likeness (QED) is 0.712. The van der Waals surface area contributed by atoms with E-state index >= 15 is 0 Å². The fourth-order valence-corrected chi connectivity index (χ4v) is 4.43. The predicted molar refractivity (Wildman–Crippen MR) is 102 cm³/mol. The van der Waals surface area contributed by atoms with Crippen LogP contribution in [0.3, 0.4) is 0 Å². The van der Waals surface area contributed by atoms with Gasteiger partial charge in [0.05, 0.1) is 23.6 Å². The number of amides is 1. The molecule has 3 heterocycles. The number of benzene rings is 1. The predicted octanol–water partition coefficient (Wildman–Crippen LogP) is 3.16. The average Bonchev–Trinajstić information content (AvgIpc) is 3.09. The Morgan fingerprint density at radius 2 is 2.08 bits per heavy atom. The number of halogens is 1. The second-order valence-electron chi connectivity index (χ2n) is 5.98. The van der Waals surface area contributed by atoms with Gasteiger partial charge in [0.15, 0.2) is 0 Å². The topological polar surface area (TPSA) is 54.5 Å². The fraction of sp³-hybridized carbons (Fsp3) is 0.333. The van der Waals surface area contributed by atoms with Gasteiger partial charge in [-0.1, -0.05) is 29.8 Å². The Morgan fingerprint density at radius 3 is 2.92 bits per heavy atom. The van der Waals surface area contributed by atoms with Gasteiger partial charge in [0.1, 0.15) is 5.15 Å². The molecule has 1 amide bonds. The summed E-state index contributed by atoms with van der Waals surface area (Å²) >= 11 is 7.77. The molecule has 1 saturated heterocycles. The summed E-state index contributed by atoms with van der Waals surface area (Å²) in [5.41, 5.74) is 0.848. The molecule has 3 aromatic rings. The van der Waals surface area contributed by atoms with Gasteiger partial charge in [-0.3, -0.25) is 9.69 Å². The highest BCUT2D eigenvalue weighted by molar-refractivity contribution is 7.21. The van der Waals surface area contributed by atoms with Gasteiger partial charge in [0.25, 0.3) is 5.91 Å². The summed E-state index contributed by atoms with van der Waals surface area (Å²) in [7, 11) is 0. The van der Waals surface area contributed by atoms with E-state index in [0.29, 0.717) is 16.6 Å². The maximum atomic E-state index is 12.5. The van der Waals surface area contributed by atoms with Crippen molar-refractivity contribution in [3.8, 4) is 0 Å². The number of carbonyl (C=O) groups is 1. The molecule has 2 aromatic heterocycles. The Bertz CT molecular complexity index is 921. The number of morpholine rings is 1. The molecule has 130 valence electrons. The molecule has 0 bridgehead atoms. The molecule has 7 heteroatoms. The van der Waals surface area contributed by atoms with Gasteiger partial charge in [0.2, 0.25) is 0 Å².